The van der Waals surface area contributed by atoms with Gasteiger partial charge in [-0.15, -0.1) is 0 Å². The molecule has 0 unspecified atom stereocenters. The van der Waals surface area contributed by atoms with Crippen LogP contribution in [0.5, 0.6) is 0 Å². The highest BCUT2D eigenvalue weighted by Crippen LogP contribution is 2.30. The molecule has 0 saturated carbocycles. The normalized spacial score (nSPS) is 11.1. The minimum Gasteiger partial charge on any atom is -0.337 e. The first kappa shape index (κ1) is 14.8. The fraction of sp³-hybridized carbons (Fsp3) is 0. The second-order valence-corrected chi connectivity index (χ2v) is 5.94. The van der Waals surface area contributed by atoms with E-state index in [9.17, 15) is 8.78 Å². The summed E-state index contributed by atoms with van der Waals surface area (Å²) in [5, 5.41) is 10.9. The van der Waals surface area contributed by atoms with Crippen LogP contribution in [0.2, 0.25) is 0 Å². The van der Waals surface area contributed by atoms with E-state index < -0.39 is 11.6 Å². The van der Waals surface area contributed by atoms with Crippen molar-refractivity contribution in [3.8, 4) is 0 Å². The quantitative estimate of drug-likeness (QED) is 0.553. The summed E-state index contributed by atoms with van der Waals surface area (Å²) in [7, 11) is 0. The highest BCUT2D eigenvalue weighted by atomic mass is 79.9. The lowest BCUT2D eigenvalue weighted by Crippen LogP contribution is -2.00. The Morgan fingerprint density at radius 2 is 1.88 bits per heavy atom. The first-order valence-electron chi connectivity index (χ1n) is 6.90. The number of nitrogens with zero attached hydrogens (tertiary/aromatic N) is 4. The number of halogens is 3. The van der Waals surface area contributed by atoms with Gasteiger partial charge < -0.3 is 5.32 Å². The van der Waals surface area contributed by atoms with Crippen molar-refractivity contribution in [1.29, 1.82) is 0 Å². The fourth-order valence-corrected chi connectivity index (χ4v) is 2.88. The van der Waals surface area contributed by atoms with Gasteiger partial charge in [0.1, 0.15) is 18.0 Å². The van der Waals surface area contributed by atoms with E-state index in [1.807, 2.05) is 0 Å². The molecular weight excluding hydrogens is 380 g/mol. The Balaban J connectivity index is 1.87. The van der Waals surface area contributed by atoms with Gasteiger partial charge in [0.25, 0.3) is 0 Å². The fourth-order valence-electron chi connectivity index (χ4n) is 2.46. The molecule has 4 rings (SSSR count). The minimum atomic E-state index is -0.508. The Kier molecular flexibility index (Phi) is 3.53. The molecule has 0 saturated heterocycles. The van der Waals surface area contributed by atoms with Gasteiger partial charge in [0.05, 0.1) is 28.3 Å². The third-order valence-corrected chi connectivity index (χ3v) is 4.00. The standard InChI is InChI=1S/C16H8BrF2N5/c17-8-5-10(18)14-13(6-8)20-7-21-16(14)23-12-2-1-11-9(15(12)19)3-4-22-24-11/h1-7H,(H,20,21,23). The van der Waals surface area contributed by atoms with Crippen molar-refractivity contribution in [2.75, 3.05) is 5.32 Å². The zero-order chi connectivity index (χ0) is 16.7. The third kappa shape index (κ3) is 2.44. The van der Waals surface area contributed by atoms with Crippen molar-refractivity contribution in [3.05, 3.63) is 59.0 Å². The van der Waals surface area contributed by atoms with Gasteiger partial charge in [-0.25, -0.2) is 18.7 Å². The molecule has 0 aliphatic rings. The molecule has 2 aromatic heterocycles. The SMILES string of the molecule is Fc1c(Nc2ncnc3cc(Br)cc(F)c23)ccc2nnccc12. The second kappa shape index (κ2) is 5.72. The summed E-state index contributed by atoms with van der Waals surface area (Å²) in [5.41, 5.74) is 1.01. The number of hydrogen-bond donors (Lipinski definition) is 1. The van der Waals surface area contributed by atoms with Gasteiger partial charge in [-0.3, -0.25) is 0 Å². The maximum absolute atomic E-state index is 14.6. The molecule has 0 aliphatic heterocycles. The number of fused-ring (bicyclic) bond motifs is 2. The molecule has 2 aromatic carbocycles. The zero-order valence-corrected chi connectivity index (χ0v) is 13.6. The van der Waals surface area contributed by atoms with Crippen LogP contribution < -0.4 is 5.32 Å². The van der Waals surface area contributed by atoms with Crippen LogP contribution in [-0.2, 0) is 0 Å². The molecule has 8 heteroatoms. The molecule has 0 bridgehead atoms. The van der Waals surface area contributed by atoms with E-state index in [-0.39, 0.29) is 16.9 Å². The van der Waals surface area contributed by atoms with Crippen LogP contribution >= 0.6 is 15.9 Å². The van der Waals surface area contributed by atoms with Crippen LogP contribution in [0.15, 0.2) is 47.3 Å². The predicted molar refractivity (Wildman–Crippen MR) is 90.0 cm³/mol. The van der Waals surface area contributed by atoms with Crippen molar-refractivity contribution in [3.63, 3.8) is 0 Å². The summed E-state index contributed by atoms with van der Waals surface area (Å²) in [5.74, 6) is -0.827. The van der Waals surface area contributed by atoms with Crippen LogP contribution in [0.3, 0.4) is 0 Å². The summed E-state index contributed by atoms with van der Waals surface area (Å²) < 4.78 is 29.5. The maximum atomic E-state index is 14.6. The molecule has 0 amide bonds. The van der Waals surface area contributed by atoms with Gasteiger partial charge >= 0.3 is 0 Å². The van der Waals surface area contributed by atoms with Crippen LogP contribution in [-0.4, -0.2) is 20.2 Å². The van der Waals surface area contributed by atoms with E-state index in [0.717, 1.165) is 0 Å². The summed E-state index contributed by atoms with van der Waals surface area (Å²) in [6, 6.07) is 7.64. The molecule has 0 radical (unpaired) electrons. The Labute approximate surface area is 142 Å². The zero-order valence-electron chi connectivity index (χ0n) is 12.0. The number of benzene rings is 2. The van der Waals surface area contributed by atoms with Gasteiger partial charge in [0, 0.05) is 9.86 Å². The van der Waals surface area contributed by atoms with Crippen molar-refractivity contribution >= 4 is 49.2 Å². The van der Waals surface area contributed by atoms with Gasteiger partial charge in [0.15, 0.2) is 5.82 Å². The van der Waals surface area contributed by atoms with Gasteiger partial charge in [-0.2, -0.15) is 10.2 Å². The molecule has 0 spiro atoms. The monoisotopic (exact) mass is 387 g/mol. The molecule has 4 aromatic rings. The molecule has 0 aliphatic carbocycles. The van der Waals surface area contributed by atoms with E-state index in [1.165, 1.54) is 30.7 Å². The van der Waals surface area contributed by atoms with E-state index >= 15 is 0 Å². The molecule has 0 atom stereocenters. The number of hydrogen-bond acceptors (Lipinski definition) is 5. The first-order valence-corrected chi connectivity index (χ1v) is 7.69. The lowest BCUT2D eigenvalue weighted by Gasteiger charge is -2.11. The summed E-state index contributed by atoms with van der Waals surface area (Å²) in [6.45, 7) is 0. The van der Waals surface area contributed by atoms with Crippen molar-refractivity contribution in [2.24, 2.45) is 0 Å². The average Bonchev–Trinajstić information content (AvgIpc) is 2.57. The number of aromatic nitrogens is 4. The third-order valence-electron chi connectivity index (χ3n) is 3.54. The van der Waals surface area contributed by atoms with E-state index in [4.69, 9.17) is 0 Å². The van der Waals surface area contributed by atoms with Crippen molar-refractivity contribution < 1.29 is 8.78 Å². The topological polar surface area (TPSA) is 63.6 Å². The van der Waals surface area contributed by atoms with Gasteiger partial charge in [-0.05, 0) is 30.3 Å². The molecule has 24 heavy (non-hydrogen) atoms. The van der Waals surface area contributed by atoms with E-state index in [1.54, 1.807) is 12.1 Å². The Morgan fingerprint density at radius 1 is 1.00 bits per heavy atom. The Morgan fingerprint density at radius 3 is 2.75 bits per heavy atom. The molecule has 1 N–H and O–H groups in total. The average molecular weight is 388 g/mol. The molecule has 2 heterocycles. The van der Waals surface area contributed by atoms with Crippen molar-refractivity contribution in [1.82, 2.24) is 20.2 Å². The molecular formula is C16H8BrF2N5. The number of anilines is 2. The molecule has 118 valence electrons. The van der Waals surface area contributed by atoms with Gasteiger partial charge in [-0.1, -0.05) is 15.9 Å². The summed E-state index contributed by atoms with van der Waals surface area (Å²) in [4.78, 5) is 8.09. The second-order valence-electron chi connectivity index (χ2n) is 5.02. The largest absolute Gasteiger partial charge is 0.337 e. The number of rotatable bonds is 2. The Bertz CT molecular complexity index is 1090. The minimum absolute atomic E-state index is 0.165. The highest BCUT2D eigenvalue weighted by molar-refractivity contribution is 9.10. The van der Waals surface area contributed by atoms with Crippen LogP contribution in [0, 0.1) is 11.6 Å². The number of nitrogens with one attached hydrogen (secondary N) is 1. The Hall–Kier alpha value is -2.74. The summed E-state index contributed by atoms with van der Waals surface area (Å²) in [6.07, 6.45) is 2.70. The highest BCUT2D eigenvalue weighted by Gasteiger charge is 2.14. The van der Waals surface area contributed by atoms with Crippen molar-refractivity contribution in [2.45, 2.75) is 0 Å². The maximum Gasteiger partial charge on any atom is 0.156 e. The molecule has 0 fully saturated rings. The van der Waals surface area contributed by atoms with Gasteiger partial charge in [0.2, 0.25) is 0 Å². The molecule has 5 nitrogen and oxygen atoms in total. The van der Waals surface area contributed by atoms with E-state index in [0.29, 0.717) is 20.9 Å². The van der Waals surface area contributed by atoms with Crippen LogP contribution in [0.25, 0.3) is 21.8 Å². The smallest absolute Gasteiger partial charge is 0.156 e. The van der Waals surface area contributed by atoms with E-state index in [2.05, 4.69) is 41.4 Å². The van der Waals surface area contributed by atoms with Crippen LogP contribution in [0.1, 0.15) is 0 Å². The predicted octanol–water partition coefficient (Wildman–Crippen LogP) is 4.36. The summed E-state index contributed by atoms with van der Waals surface area (Å²) >= 11 is 3.22. The van der Waals surface area contributed by atoms with Crippen LogP contribution in [0.4, 0.5) is 20.3 Å². The lowest BCUT2D eigenvalue weighted by molar-refractivity contribution is 0.637. The lowest BCUT2D eigenvalue weighted by atomic mass is 10.2. The first-order chi connectivity index (χ1) is 11.6.